The van der Waals surface area contributed by atoms with Crippen LogP contribution in [-0.4, -0.2) is 48.4 Å². The second-order valence-corrected chi connectivity index (χ2v) is 9.08. The van der Waals surface area contributed by atoms with Gasteiger partial charge >= 0.3 is 0 Å². The van der Waals surface area contributed by atoms with Gasteiger partial charge in [0.2, 0.25) is 0 Å². The third-order valence-electron chi connectivity index (χ3n) is 5.46. The van der Waals surface area contributed by atoms with Gasteiger partial charge < -0.3 is 9.80 Å². The Balaban J connectivity index is 1.41. The molecule has 22 heavy (non-hydrogen) atoms. The van der Waals surface area contributed by atoms with Gasteiger partial charge in [-0.25, -0.2) is 0 Å². The highest BCUT2D eigenvalue weighted by Crippen LogP contribution is 2.41. The summed E-state index contributed by atoms with van der Waals surface area (Å²) in [6.45, 7) is 5.58. The summed E-state index contributed by atoms with van der Waals surface area (Å²) >= 11 is 7.37. The summed E-state index contributed by atoms with van der Waals surface area (Å²) in [6, 6.07) is 3.68. The fourth-order valence-corrected chi connectivity index (χ4v) is 5.17. The number of nitrogens with zero attached hydrogens (tertiary/aromatic N) is 2. The van der Waals surface area contributed by atoms with Crippen LogP contribution in [0.15, 0.2) is 12.1 Å². The Bertz CT molecular complexity index is 571. The Kier molecular flexibility index (Phi) is 3.95. The van der Waals surface area contributed by atoms with E-state index in [1.165, 1.54) is 63.1 Å². The van der Waals surface area contributed by atoms with Crippen LogP contribution in [0.4, 0.5) is 0 Å². The van der Waals surface area contributed by atoms with Crippen molar-refractivity contribution >= 4 is 28.8 Å². The van der Waals surface area contributed by atoms with E-state index in [4.69, 9.17) is 11.6 Å². The molecule has 2 aliphatic heterocycles. The molecule has 0 aromatic carbocycles. The first-order chi connectivity index (χ1) is 10.6. The van der Waals surface area contributed by atoms with Crippen molar-refractivity contribution in [2.75, 3.05) is 32.7 Å². The van der Waals surface area contributed by atoms with Crippen molar-refractivity contribution in [3.05, 3.63) is 21.3 Å². The lowest BCUT2D eigenvalue weighted by molar-refractivity contribution is 0.0685. The number of piperidine rings is 1. The normalized spacial score (nSPS) is 29.4. The highest BCUT2D eigenvalue weighted by molar-refractivity contribution is 7.17. The van der Waals surface area contributed by atoms with Gasteiger partial charge in [-0.1, -0.05) is 11.6 Å². The Morgan fingerprint density at radius 2 is 2.14 bits per heavy atom. The van der Waals surface area contributed by atoms with Gasteiger partial charge in [0.25, 0.3) is 5.91 Å². The minimum atomic E-state index is 0.174. The van der Waals surface area contributed by atoms with E-state index >= 15 is 0 Å². The highest BCUT2D eigenvalue weighted by atomic mass is 35.5. The Morgan fingerprint density at radius 3 is 2.86 bits per heavy atom. The quantitative estimate of drug-likeness (QED) is 0.838. The first-order valence-corrected chi connectivity index (χ1v) is 9.60. The lowest BCUT2D eigenvalue weighted by Crippen LogP contribution is -2.45. The molecule has 3 aliphatic rings. The standard InChI is InChI=1S/C17H23ClN2OS/c18-15-5-4-14(22-15)16(21)20-9-7-17(12-20)6-1-8-19(11-17)10-13-2-3-13/h4-5,13H,1-3,6-12H2. The van der Waals surface area contributed by atoms with E-state index in [9.17, 15) is 4.79 Å². The van der Waals surface area contributed by atoms with Crippen molar-refractivity contribution < 1.29 is 4.79 Å². The number of rotatable bonds is 3. The molecule has 1 saturated carbocycles. The van der Waals surface area contributed by atoms with Gasteiger partial charge in [0.05, 0.1) is 9.21 Å². The molecule has 120 valence electrons. The molecule has 5 heteroatoms. The number of carbonyl (C=O) groups excluding carboxylic acids is 1. The van der Waals surface area contributed by atoms with Crippen LogP contribution in [0, 0.1) is 11.3 Å². The van der Waals surface area contributed by atoms with E-state index in [1.807, 2.05) is 12.1 Å². The number of halogens is 1. The summed E-state index contributed by atoms with van der Waals surface area (Å²) in [4.78, 5) is 18.1. The Morgan fingerprint density at radius 1 is 1.27 bits per heavy atom. The van der Waals surface area contributed by atoms with Crippen LogP contribution in [0.3, 0.4) is 0 Å². The average Bonchev–Trinajstić information content (AvgIpc) is 3.06. The minimum Gasteiger partial charge on any atom is -0.337 e. The van der Waals surface area contributed by atoms with Gasteiger partial charge in [-0.05, 0) is 56.7 Å². The number of carbonyl (C=O) groups is 1. The monoisotopic (exact) mass is 338 g/mol. The molecular weight excluding hydrogens is 316 g/mol. The number of amides is 1. The van der Waals surface area contributed by atoms with Crippen LogP contribution in [0.1, 0.15) is 41.8 Å². The van der Waals surface area contributed by atoms with Crippen LogP contribution in [-0.2, 0) is 0 Å². The van der Waals surface area contributed by atoms with E-state index in [2.05, 4.69) is 9.80 Å². The zero-order valence-corrected chi connectivity index (χ0v) is 14.5. The molecule has 3 fully saturated rings. The third-order valence-corrected chi connectivity index (χ3v) is 6.68. The fourth-order valence-electron chi connectivity index (χ4n) is 4.16. The lowest BCUT2D eigenvalue weighted by atomic mass is 9.79. The molecule has 1 amide bonds. The summed E-state index contributed by atoms with van der Waals surface area (Å²) in [7, 11) is 0. The van der Waals surface area contributed by atoms with Gasteiger partial charge in [-0.3, -0.25) is 4.79 Å². The van der Waals surface area contributed by atoms with Crippen LogP contribution in [0.2, 0.25) is 4.34 Å². The summed E-state index contributed by atoms with van der Waals surface area (Å²) in [6.07, 6.45) is 6.59. The molecule has 1 aliphatic carbocycles. The third kappa shape index (κ3) is 3.06. The van der Waals surface area contributed by atoms with Gasteiger partial charge in [0.15, 0.2) is 0 Å². The molecule has 3 heterocycles. The second-order valence-electron chi connectivity index (χ2n) is 7.36. The SMILES string of the molecule is O=C(c1ccc(Cl)s1)N1CCC2(CCCN(CC3CC3)C2)C1. The van der Waals surface area contributed by atoms with Gasteiger partial charge in [-0.2, -0.15) is 0 Å². The van der Waals surface area contributed by atoms with Gasteiger partial charge in [-0.15, -0.1) is 11.3 Å². The van der Waals surface area contributed by atoms with Crippen LogP contribution in [0.25, 0.3) is 0 Å². The van der Waals surface area contributed by atoms with Crippen LogP contribution in [0.5, 0.6) is 0 Å². The Labute approximate surface area is 141 Å². The number of hydrogen-bond donors (Lipinski definition) is 0. The minimum absolute atomic E-state index is 0.174. The van der Waals surface area contributed by atoms with Crippen molar-refractivity contribution in [3.63, 3.8) is 0 Å². The molecule has 1 aromatic heterocycles. The maximum absolute atomic E-state index is 12.6. The van der Waals surface area contributed by atoms with Crippen molar-refractivity contribution in [2.24, 2.45) is 11.3 Å². The van der Waals surface area contributed by atoms with Crippen LogP contribution < -0.4 is 0 Å². The Hall–Kier alpha value is -0.580. The molecular formula is C17H23ClN2OS. The highest BCUT2D eigenvalue weighted by Gasteiger charge is 2.43. The molecule has 0 radical (unpaired) electrons. The summed E-state index contributed by atoms with van der Waals surface area (Å²) in [5, 5.41) is 0. The average molecular weight is 339 g/mol. The van der Waals surface area contributed by atoms with Gasteiger partial charge in [0.1, 0.15) is 0 Å². The molecule has 4 rings (SSSR count). The molecule has 2 saturated heterocycles. The van der Waals surface area contributed by atoms with Crippen molar-refractivity contribution in [3.8, 4) is 0 Å². The molecule has 1 atom stereocenters. The number of hydrogen-bond acceptors (Lipinski definition) is 3. The van der Waals surface area contributed by atoms with E-state index in [0.29, 0.717) is 9.75 Å². The summed E-state index contributed by atoms with van der Waals surface area (Å²) in [5.41, 5.74) is 0.351. The zero-order valence-electron chi connectivity index (χ0n) is 12.9. The fraction of sp³-hybridized carbons (Fsp3) is 0.706. The van der Waals surface area contributed by atoms with Gasteiger partial charge in [0, 0.05) is 31.6 Å². The van der Waals surface area contributed by atoms with E-state index in [1.54, 1.807) is 0 Å². The number of likely N-dealkylation sites (tertiary alicyclic amines) is 2. The molecule has 1 spiro atoms. The topological polar surface area (TPSA) is 23.6 Å². The maximum Gasteiger partial charge on any atom is 0.263 e. The number of thiophene rings is 1. The smallest absolute Gasteiger partial charge is 0.263 e. The van der Waals surface area contributed by atoms with E-state index in [0.717, 1.165) is 23.9 Å². The van der Waals surface area contributed by atoms with E-state index < -0.39 is 0 Å². The molecule has 3 nitrogen and oxygen atoms in total. The summed E-state index contributed by atoms with van der Waals surface area (Å²) < 4.78 is 0.700. The molecule has 0 N–H and O–H groups in total. The van der Waals surface area contributed by atoms with E-state index in [-0.39, 0.29) is 5.91 Å². The summed E-state index contributed by atoms with van der Waals surface area (Å²) in [5.74, 6) is 1.13. The predicted octanol–water partition coefficient (Wildman–Crippen LogP) is 3.74. The molecule has 0 bridgehead atoms. The lowest BCUT2D eigenvalue weighted by Gasteiger charge is -2.40. The molecule has 1 unspecified atom stereocenters. The second kappa shape index (κ2) is 5.81. The predicted molar refractivity (Wildman–Crippen MR) is 90.7 cm³/mol. The van der Waals surface area contributed by atoms with Crippen molar-refractivity contribution in [1.82, 2.24) is 9.80 Å². The maximum atomic E-state index is 12.6. The van der Waals surface area contributed by atoms with Crippen molar-refractivity contribution in [2.45, 2.75) is 32.1 Å². The zero-order chi connectivity index (χ0) is 15.2. The van der Waals surface area contributed by atoms with Crippen LogP contribution >= 0.6 is 22.9 Å². The first kappa shape index (κ1) is 15.0. The van der Waals surface area contributed by atoms with Crippen molar-refractivity contribution in [1.29, 1.82) is 0 Å². The largest absolute Gasteiger partial charge is 0.337 e. The molecule has 1 aromatic rings. The first-order valence-electron chi connectivity index (χ1n) is 8.41.